The number of fused-ring (bicyclic) bond motifs is 1. The number of nitrogens with one attached hydrogen (secondary N) is 1. The van der Waals surface area contributed by atoms with Gasteiger partial charge in [-0.15, -0.1) is 0 Å². The predicted octanol–water partition coefficient (Wildman–Crippen LogP) is 3.18. The third-order valence-electron chi connectivity index (χ3n) is 4.40. The highest BCUT2D eigenvalue weighted by atomic mass is 32.2. The second-order valence-electron chi connectivity index (χ2n) is 5.90. The number of hydrogen-bond acceptors (Lipinski definition) is 3. The number of hydrogen-bond donors (Lipinski definition) is 1. The van der Waals surface area contributed by atoms with E-state index < -0.39 is 15.8 Å². The first-order valence-corrected chi connectivity index (χ1v) is 9.37. The van der Waals surface area contributed by atoms with Gasteiger partial charge in [-0.2, -0.15) is 4.31 Å². The van der Waals surface area contributed by atoms with Crippen molar-refractivity contribution < 1.29 is 12.8 Å². The minimum atomic E-state index is -3.69. The van der Waals surface area contributed by atoms with Crippen LogP contribution in [0.4, 0.5) is 4.39 Å². The van der Waals surface area contributed by atoms with E-state index in [0.29, 0.717) is 13.0 Å². The van der Waals surface area contributed by atoms with Crippen LogP contribution in [0.3, 0.4) is 0 Å². The van der Waals surface area contributed by atoms with E-state index in [1.165, 1.54) is 22.5 Å². The number of aromatic nitrogens is 2. The lowest BCUT2D eigenvalue weighted by Gasteiger charge is -2.25. The molecule has 1 aliphatic heterocycles. The fourth-order valence-electron chi connectivity index (χ4n) is 3.11. The molecule has 0 bridgehead atoms. The molecule has 0 fully saturated rings. The Morgan fingerprint density at radius 3 is 2.84 bits per heavy atom. The maximum atomic E-state index is 13.4. The summed E-state index contributed by atoms with van der Waals surface area (Å²) in [5, 5.41) is 1.02. The summed E-state index contributed by atoms with van der Waals surface area (Å²) >= 11 is 0. The molecular formula is C18H16FN3O2S. The molecule has 128 valence electrons. The Morgan fingerprint density at radius 1 is 1.20 bits per heavy atom. The van der Waals surface area contributed by atoms with Gasteiger partial charge in [-0.3, -0.25) is 0 Å². The van der Waals surface area contributed by atoms with E-state index in [1.54, 1.807) is 6.20 Å². The number of H-pyrrole nitrogens is 1. The second-order valence-corrected chi connectivity index (χ2v) is 7.84. The van der Waals surface area contributed by atoms with Gasteiger partial charge in [0.2, 0.25) is 10.0 Å². The first-order chi connectivity index (χ1) is 12.1. The van der Waals surface area contributed by atoms with Crippen molar-refractivity contribution in [3.63, 3.8) is 0 Å². The van der Waals surface area contributed by atoms with Gasteiger partial charge >= 0.3 is 0 Å². The fraction of sp³-hybridized carbons (Fsp3) is 0.167. The zero-order valence-electron chi connectivity index (χ0n) is 13.3. The molecule has 3 heterocycles. The van der Waals surface area contributed by atoms with Gasteiger partial charge in [0.15, 0.2) is 0 Å². The van der Waals surface area contributed by atoms with E-state index in [0.717, 1.165) is 28.2 Å². The summed E-state index contributed by atoms with van der Waals surface area (Å²) < 4.78 is 40.0. The van der Waals surface area contributed by atoms with Crippen molar-refractivity contribution in [3.8, 4) is 0 Å². The molecule has 0 radical (unpaired) electrons. The Morgan fingerprint density at radius 2 is 2.08 bits per heavy atom. The van der Waals surface area contributed by atoms with Crippen molar-refractivity contribution in [2.75, 3.05) is 13.1 Å². The summed E-state index contributed by atoms with van der Waals surface area (Å²) in [6, 6.07) is 8.99. The van der Waals surface area contributed by atoms with Crippen LogP contribution in [-0.2, 0) is 10.0 Å². The van der Waals surface area contributed by atoms with Crippen LogP contribution in [0.25, 0.3) is 16.6 Å². The first-order valence-electron chi connectivity index (χ1n) is 7.93. The lowest BCUT2D eigenvalue weighted by Crippen LogP contribution is -2.34. The summed E-state index contributed by atoms with van der Waals surface area (Å²) in [6.45, 7) is 0.624. The van der Waals surface area contributed by atoms with Gasteiger partial charge < -0.3 is 4.98 Å². The number of pyridine rings is 1. The minimum Gasteiger partial charge on any atom is -0.346 e. The van der Waals surface area contributed by atoms with Gasteiger partial charge in [0.1, 0.15) is 11.5 Å². The molecule has 3 aromatic rings. The largest absolute Gasteiger partial charge is 0.346 e. The highest BCUT2D eigenvalue weighted by molar-refractivity contribution is 7.89. The molecule has 0 unspecified atom stereocenters. The van der Waals surface area contributed by atoms with Crippen LogP contribution in [0.1, 0.15) is 12.0 Å². The molecule has 25 heavy (non-hydrogen) atoms. The molecule has 1 aliphatic rings. The Labute approximate surface area is 144 Å². The van der Waals surface area contributed by atoms with Crippen molar-refractivity contribution >= 4 is 26.6 Å². The fourth-order valence-corrected chi connectivity index (χ4v) is 4.52. The van der Waals surface area contributed by atoms with Crippen LogP contribution >= 0.6 is 0 Å². The summed E-state index contributed by atoms with van der Waals surface area (Å²) in [5.74, 6) is -0.555. The van der Waals surface area contributed by atoms with Crippen LogP contribution in [0.5, 0.6) is 0 Å². The van der Waals surface area contributed by atoms with Gasteiger partial charge in [-0.25, -0.2) is 17.8 Å². The van der Waals surface area contributed by atoms with Gasteiger partial charge in [-0.1, -0.05) is 12.1 Å². The number of rotatable bonds is 3. The third kappa shape index (κ3) is 2.85. The number of aromatic amines is 1. The zero-order valence-corrected chi connectivity index (χ0v) is 14.1. The van der Waals surface area contributed by atoms with E-state index in [9.17, 15) is 12.8 Å². The van der Waals surface area contributed by atoms with Gasteiger partial charge in [0.05, 0.1) is 4.90 Å². The normalized spacial score (nSPS) is 16.1. The monoisotopic (exact) mass is 357 g/mol. The standard InChI is InChI=1S/C18H16FN3O2S/c19-14-3-1-4-15(11-14)25(23,24)22-9-6-13(7-10-22)17-12-21-18-16(17)5-2-8-20-18/h1-6,8,11-12H,7,9-10H2,(H,20,21). The van der Waals surface area contributed by atoms with E-state index in [2.05, 4.69) is 9.97 Å². The molecule has 1 N–H and O–H groups in total. The van der Waals surface area contributed by atoms with E-state index >= 15 is 0 Å². The predicted molar refractivity (Wildman–Crippen MR) is 93.8 cm³/mol. The molecule has 5 nitrogen and oxygen atoms in total. The third-order valence-corrected chi connectivity index (χ3v) is 6.26. The Bertz CT molecular complexity index is 1070. The van der Waals surface area contributed by atoms with Crippen molar-refractivity contribution in [3.05, 3.63) is 66.2 Å². The number of sulfonamides is 1. The van der Waals surface area contributed by atoms with Crippen LogP contribution in [0.15, 0.2) is 59.8 Å². The molecule has 0 amide bonds. The minimum absolute atomic E-state index is 0.0133. The molecule has 7 heteroatoms. The molecule has 0 atom stereocenters. The molecule has 1 aromatic carbocycles. The molecule has 0 spiro atoms. The Hall–Kier alpha value is -2.51. The first kappa shape index (κ1) is 16.0. The van der Waals surface area contributed by atoms with Crippen molar-refractivity contribution in [1.82, 2.24) is 14.3 Å². The van der Waals surface area contributed by atoms with Crippen molar-refractivity contribution in [1.29, 1.82) is 0 Å². The van der Waals surface area contributed by atoms with Crippen LogP contribution in [0, 0.1) is 5.82 Å². The zero-order chi connectivity index (χ0) is 17.4. The number of nitrogens with zero attached hydrogens (tertiary/aromatic N) is 2. The SMILES string of the molecule is O=S(=O)(c1cccc(F)c1)N1CC=C(c2c[nH]c3ncccc23)CC1. The van der Waals surface area contributed by atoms with Crippen LogP contribution in [-0.4, -0.2) is 35.8 Å². The molecule has 0 saturated carbocycles. The van der Waals surface area contributed by atoms with Gasteiger partial charge in [-0.05, 0) is 42.3 Å². The van der Waals surface area contributed by atoms with Crippen molar-refractivity contribution in [2.24, 2.45) is 0 Å². The number of benzene rings is 1. The van der Waals surface area contributed by atoms with E-state index in [4.69, 9.17) is 0 Å². The highest BCUT2D eigenvalue weighted by Crippen LogP contribution is 2.30. The summed E-state index contributed by atoms with van der Waals surface area (Å²) in [4.78, 5) is 7.39. The smallest absolute Gasteiger partial charge is 0.243 e. The molecule has 2 aromatic heterocycles. The summed E-state index contributed by atoms with van der Waals surface area (Å²) in [6.07, 6.45) is 6.14. The van der Waals surface area contributed by atoms with Crippen molar-refractivity contribution in [2.45, 2.75) is 11.3 Å². The Balaban J connectivity index is 1.62. The topological polar surface area (TPSA) is 66.1 Å². The molecular weight excluding hydrogens is 341 g/mol. The average Bonchev–Trinajstić information content (AvgIpc) is 3.06. The number of halogens is 1. The maximum absolute atomic E-state index is 13.4. The molecule has 0 aliphatic carbocycles. The lowest BCUT2D eigenvalue weighted by molar-refractivity contribution is 0.440. The average molecular weight is 357 g/mol. The van der Waals surface area contributed by atoms with Crippen LogP contribution in [0.2, 0.25) is 0 Å². The Kier molecular flexibility index (Phi) is 3.89. The maximum Gasteiger partial charge on any atom is 0.243 e. The molecule has 0 saturated heterocycles. The second kappa shape index (κ2) is 6.09. The van der Waals surface area contributed by atoms with E-state index in [-0.39, 0.29) is 11.4 Å². The quantitative estimate of drug-likeness (QED) is 0.783. The summed E-state index contributed by atoms with van der Waals surface area (Å²) in [7, 11) is -3.69. The summed E-state index contributed by atoms with van der Waals surface area (Å²) in [5.41, 5.74) is 2.95. The highest BCUT2D eigenvalue weighted by Gasteiger charge is 2.27. The van der Waals surface area contributed by atoms with E-state index in [1.807, 2.05) is 24.4 Å². The molecule has 4 rings (SSSR count). The van der Waals surface area contributed by atoms with Gasteiger partial charge in [0, 0.05) is 36.4 Å². The lowest BCUT2D eigenvalue weighted by atomic mass is 10.0. The van der Waals surface area contributed by atoms with Gasteiger partial charge in [0.25, 0.3) is 0 Å². The van der Waals surface area contributed by atoms with Crippen LogP contribution < -0.4 is 0 Å².